The molecular formula is C13H23N5O. The molecule has 1 aliphatic carbocycles. The summed E-state index contributed by atoms with van der Waals surface area (Å²) >= 11 is 0. The summed E-state index contributed by atoms with van der Waals surface area (Å²) in [5, 5.41) is 10.6. The van der Waals surface area contributed by atoms with Crippen molar-refractivity contribution in [3.63, 3.8) is 0 Å². The van der Waals surface area contributed by atoms with Crippen molar-refractivity contribution in [3.05, 3.63) is 12.4 Å². The van der Waals surface area contributed by atoms with Gasteiger partial charge in [-0.3, -0.25) is 9.48 Å². The van der Waals surface area contributed by atoms with Crippen LogP contribution >= 0.6 is 0 Å². The average Bonchev–Trinajstić information content (AvgIpc) is 2.93. The molecule has 1 aromatic rings. The first-order valence-corrected chi connectivity index (χ1v) is 6.99. The third-order valence-electron chi connectivity index (χ3n) is 4.20. The highest BCUT2D eigenvalue weighted by atomic mass is 16.2. The van der Waals surface area contributed by atoms with Gasteiger partial charge in [0.15, 0.2) is 0 Å². The van der Waals surface area contributed by atoms with E-state index in [-0.39, 0.29) is 11.3 Å². The molecule has 0 radical (unpaired) electrons. The zero-order chi connectivity index (χ0) is 13.7. The summed E-state index contributed by atoms with van der Waals surface area (Å²) in [4.78, 5) is 12.3. The largest absolute Gasteiger partial charge is 0.354 e. The zero-order valence-electron chi connectivity index (χ0n) is 11.5. The van der Waals surface area contributed by atoms with Crippen molar-refractivity contribution in [2.45, 2.75) is 39.2 Å². The molecule has 0 bridgehead atoms. The van der Waals surface area contributed by atoms with Crippen LogP contribution in [0.15, 0.2) is 12.4 Å². The number of amides is 1. The van der Waals surface area contributed by atoms with Crippen molar-refractivity contribution in [2.75, 3.05) is 13.1 Å². The fraction of sp³-hybridized carbons (Fsp3) is 0.769. The van der Waals surface area contributed by atoms with E-state index in [0.717, 1.165) is 25.7 Å². The summed E-state index contributed by atoms with van der Waals surface area (Å²) < 4.78 is 1.71. The molecule has 3 N–H and O–H groups in total. The fourth-order valence-corrected chi connectivity index (χ4v) is 2.66. The van der Waals surface area contributed by atoms with E-state index in [2.05, 4.69) is 22.6 Å². The summed E-state index contributed by atoms with van der Waals surface area (Å²) in [6.07, 6.45) is 7.40. The van der Waals surface area contributed by atoms with E-state index in [4.69, 9.17) is 5.73 Å². The number of nitrogens with two attached hydrogens (primary N) is 1. The minimum atomic E-state index is -0.352. The molecular weight excluding hydrogens is 242 g/mol. The van der Waals surface area contributed by atoms with Crippen LogP contribution in [0.25, 0.3) is 0 Å². The van der Waals surface area contributed by atoms with E-state index in [1.165, 1.54) is 0 Å². The van der Waals surface area contributed by atoms with Crippen molar-refractivity contribution in [2.24, 2.45) is 17.1 Å². The second-order valence-corrected chi connectivity index (χ2v) is 5.59. The van der Waals surface area contributed by atoms with E-state index < -0.39 is 0 Å². The minimum Gasteiger partial charge on any atom is -0.354 e. The quantitative estimate of drug-likeness (QED) is 0.814. The lowest BCUT2D eigenvalue weighted by molar-refractivity contribution is -0.132. The number of nitrogens with zero attached hydrogens (tertiary/aromatic N) is 3. The summed E-state index contributed by atoms with van der Waals surface area (Å²) in [7, 11) is 0. The predicted octanol–water partition coefficient (Wildman–Crippen LogP) is 0.550. The molecule has 0 aliphatic heterocycles. The van der Waals surface area contributed by atoms with Crippen LogP contribution in [0.5, 0.6) is 0 Å². The van der Waals surface area contributed by atoms with Crippen LogP contribution in [0.3, 0.4) is 0 Å². The first kappa shape index (κ1) is 14.0. The van der Waals surface area contributed by atoms with Crippen LogP contribution in [0, 0.1) is 11.3 Å². The Bertz CT molecular complexity index is 395. The van der Waals surface area contributed by atoms with Crippen LogP contribution < -0.4 is 11.1 Å². The maximum atomic E-state index is 12.3. The summed E-state index contributed by atoms with van der Waals surface area (Å²) in [6, 6.07) is 0. The predicted molar refractivity (Wildman–Crippen MR) is 72.2 cm³/mol. The monoisotopic (exact) mass is 265 g/mol. The molecule has 1 saturated carbocycles. The minimum absolute atomic E-state index is 0.0991. The molecule has 1 fully saturated rings. The van der Waals surface area contributed by atoms with E-state index in [1.54, 1.807) is 17.1 Å². The summed E-state index contributed by atoms with van der Waals surface area (Å²) in [6.45, 7) is 3.89. The molecule has 0 saturated heterocycles. The molecule has 2 rings (SSSR count). The van der Waals surface area contributed by atoms with E-state index in [0.29, 0.717) is 25.6 Å². The number of hydrogen-bond donors (Lipinski definition) is 2. The van der Waals surface area contributed by atoms with Crippen molar-refractivity contribution >= 4 is 5.91 Å². The van der Waals surface area contributed by atoms with E-state index in [9.17, 15) is 4.79 Å². The fourth-order valence-electron chi connectivity index (χ4n) is 2.66. The second-order valence-electron chi connectivity index (χ2n) is 5.59. The number of nitrogens with one attached hydrogen (secondary N) is 1. The molecule has 1 amide bonds. The molecule has 0 unspecified atom stereocenters. The number of hydrogen-bond acceptors (Lipinski definition) is 4. The molecule has 19 heavy (non-hydrogen) atoms. The van der Waals surface area contributed by atoms with Gasteiger partial charge in [-0.25, -0.2) is 0 Å². The maximum Gasteiger partial charge on any atom is 0.227 e. The first-order chi connectivity index (χ1) is 9.16. The number of aromatic nitrogens is 3. The number of rotatable bonds is 5. The smallest absolute Gasteiger partial charge is 0.227 e. The van der Waals surface area contributed by atoms with Gasteiger partial charge in [-0.15, -0.1) is 5.10 Å². The molecule has 0 spiro atoms. The van der Waals surface area contributed by atoms with Crippen LogP contribution in [0.2, 0.25) is 0 Å². The SMILES string of the molecule is CC1CCC(CN)(C(=O)NCCn2ccnn2)CC1. The number of carbonyl (C=O) groups is 1. The van der Waals surface area contributed by atoms with Crippen LogP contribution in [-0.4, -0.2) is 34.0 Å². The Morgan fingerprint density at radius 2 is 2.26 bits per heavy atom. The van der Waals surface area contributed by atoms with Gasteiger partial charge in [-0.05, 0) is 31.6 Å². The van der Waals surface area contributed by atoms with Gasteiger partial charge >= 0.3 is 0 Å². The van der Waals surface area contributed by atoms with Gasteiger partial charge in [0, 0.05) is 19.3 Å². The first-order valence-electron chi connectivity index (χ1n) is 6.99. The highest BCUT2D eigenvalue weighted by Crippen LogP contribution is 2.38. The van der Waals surface area contributed by atoms with Gasteiger partial charge in [0.2, 0.25) is 5.91 Å². The molecule has 1 aliphatic rings. The Balaban J connectivity index is 1.83. The molecule has 1 heterocycles. The zero-order valence-corrected chi connectivity index (χ0v) is 11.5. The topological polar surface area (TPSA) is 85.8 Å². The molecule has 106 valence electrons. The molecule has 0 atom stereocenters. The standard InChI is InChI=1S/C13H23N5O/c1-11-2-4-13(10-14,5-3-11)12(19)15-6-8-18-9-7-16-17-18/h7,9,11H,2-6,8,10,14H2,1H3,(H,15,19). The van der Waals surface area contributed by atoms with Gasteiger partial charge in [0.1, 0.15) is 0 Å². The van der Waals surface area contributed by atoms with Gasteiger partial charge in [-0.1, -0.05) is 12.1 Å². The molecule has 6 heteroatoms. The van der Waals surface area contributed by atoms with Crippen molar-refractivity contribution in [3.8, 4) is 0 Å². The van der Waals surface area contributed by atoms with Crippen molar-refractivity contribution in [1.29, 1.82) is 0 Å². The second kappa shape index (κ2) is 6.14. The summed E-state index contributed by atoms with van der Waals surface area (Å²) in [5.41, 5.74) is 5.51. The van der Waals surface area contributed by atoms with E-state index >= 15 is 0 Å². The molecule has 1 aromatic heterocycles. The summed E-state index contributed by atoms with van der Waals surface area (Å²) in [5.74, 6) is 0.810. The van der Waals surface area contributed by atoms with Crippen LogP contribution in [0.4, 0.5) is 0 Å². The van der Waals surface area contributed by atoms with Crippen LogP contribution in [0.1, 0.15) is 32.6 Å². The Morgan fingerprint density at radius 3 is 2.84 bits per heavy atom. The lowest BCUT2D eigenvalue weighted by Crippen LogP contribution is -2.48. The average molecular weight is 265 g/mol. The lowest BCUT2D eigenvalue weighted by Gasteiger charge is -2.37. The third kappa shape index (κ3) is 3.32. The Morgan fingerprint density at radius 1 is 1.53 bits per heavy atom. The Labute approximate surface area is 113 Å². The maximum absolute atomic E-state index is 12.3. The van der Waals surface area contributed by atoms with E-state index in [1.807, 2.05) is 0 Å². The van der Waals surface area contributed by atoms with Gasteiger partial charge in [0.25, 0.3) is 0 Å². The third-order valence-corrected chi connectivity index (χ3v) is 4.20. The highest BCUT2D eigenvalue weighted by Gasteiger charge is 2.39. The van der Waals surface area contributed by atoms with Gasteiger partial charge in [-0.2, -0.15) is 0 Å². The highest BCUT2D eigenvalue weighted by molar-refractivity contribution is 5.83. The molecule has 0 aromatic carbocycles. The van der Waals surface area contributed by atoms with Crippen LogP contribution in [-0.2, 0) is 11.3 Å². The van der Waals surface area contributed by atoms with Gasteiger partial charge < -0.3 is 11.1 Å². The number of carbonyl (C=O) groups excluding carboxylic acids is 1. The van der Waals surface area contributed by atoms with Gasteiger partial charge in [0.05, 0.1) is 18.2 Å². The van der Waals surface area contributed by atoms with Crippen molar-refractivity contribution < 1.29 is 4.79 Å². The molecule has 6 nitrogen and oxygen atoms in total. The Kier molecular flexibility index (Phi) is 4.52. The van der Waals surface area contributed by atoms with Crippen molar-refractivity contribution in [1.82, 2.24) is 20.3 Å². The normalized spacial score (nSPS) is 27.2. The lowest BCUT2D eigenvalue weighted by atomic mass is 9.70. The Hall–Kier alpha value is -1.43.